The number of rotatable bonds is 9. The van der Waals surface area contributed by atoms with Crippen molar-refractivity contribution in [1.82, 2.24) is 9.88 Å². The second kappa shape index (κ2) is 11.4. The normalized spacial score (nSPS) is 10.9. The van der Waals surface area contributed by atoms with Gasteiger partial charge < -0.3 is 9.64 Å². The van der Waals surface area contributed by atoms with Gasteiger partial charge in [-0.3, -0.25) is 9.78 Å². The molecule has 5 heteroatoms. The summed E-state index contributed by atoms with van der Waals surface area (Å²) in [5.41, 5.74) is 4.23. The maximum atomic E-state index is 13.6. The van der Waals surface area contributed by atoms with Gasteiger partial charge in [0, 0.05) is 31.0 Å². The molecule has 0 N–H and O–H groups in total. The Morgan fingerprint density at radius 3 is 2.14 bits per heavy atom. The van der Waals surface area contributed by atoms with Crippen LogP contribution in [0.1, 0.15) is 35.3 Å². The van der Waals surface area contributed by atoms with Gasteiger partial charge in [0.25, 0.3) is 5.91 Å². The molecule has 0 aliphatic carbocycles. The van der Waals surface area contributed by atoms with E-state index >= 15 is 0 Å². The summed E-state index contributed by atoms with van der Waals surface area (Å²) in [5.74, 6) is 0.914. The molecule has 1 aromatic heterocycles. The minimum absolute atomic E-state index is 0.0762. The van der Waals surface area contributed by atoms with Crippen LogP contribution in [-0.2, 0) is 13.1 Å². The Bertz CT molecular complexity index is 1240. The van der Waals surface area contributed by atoms with Crippen molar-refractivity contribution >= 4 is 5.91 Å². The first kappa shape index (κ1) is 24.1. The number of benzene rings is 3. The summed E-state index contributed by atoms with van der Waals surface area (Å²) in [7, 11) is 0. The average Bonchev–Trinajstić information content (AvgIpc) is 2.88. The Balaban J connectivity index is 1.53. The van der Waals surface area contributed by atoms with Crippen LogP contribution >= 0.6 is 0 Å². The van der Waals surface area contributed by atoms with Crippen LogP contribution < -0.4 is 4.74 Å². The SMILES string of the molecule is CC(C)COc1ccc(CN(Cc2ccncc2)C(=O)c2ccc(-c3cccc(F)c3)cc2)cc1. The third-order valence-electron chi connectivity index (χ3n) is 5.58. The van der Waals surface area contributed by atoms with Crippen LogP contribution in [0, 0.1) is 11.7 Å². The zero-order valence-electron chi connectivity index (χ0n) is 20.0. The molecule has 4 rings (SSSR count). The smallest absolute Gasteiger partial charge is 0.254 e. The molecule has 3 aromatic carbocycles. The first-order valence-electron chi connectivity index (χ1n) is 11.7. The molecule has 0 fully saturated rings. The molecule has 1 amide bonds. The highest BCUT2D eigenvalue weighted by Crippen LogP contribution is 2.22. The van der Waals surface area contributed by atoms with E-state index in [1.807, 2.05) is 59.5 Å². The van der Waals surface area contributed by atoms with E-state index in [4.69, 9.17) is 4.74 Å². The maximum absolute atomic E-state index is 13.6. The monoisotopic (exact) mass is 468 g/mol. The number of carbonyl (C=O) groups excluding carboxylic acids is 1. The van der Waals surface area contributed by atoms with Crippen LogP contribution in [0.4, 0.5) is 4.39 Å². The number of pyridine rings is 1. The molecule has 0 unspecified atom stereocenters. The fourth-order valence-electron chi connectivity index (χ4n) is 3.74. The Hall–Kier alpha value is -3.99. The van der Waals surface area contributed by atoms with Crippen molar-refractivity contribution in [3.63, 3.8) is 0 Å². The lowest BCUT2D eigenvalue weighted by atomic mass is 10.0. The van der Waals surface area contributed by atoms with Crippen LogP contribution in [0.3, 0.4) is 0 Å². The molecule has 0 aliphatic heterocycles. The summed E-state index contributed by atoms with van der Waals surface area (Å²) >= 11 is 0. The zero-order chi connectivity index (χ0) is 24.6. The molecule has 4 nitrogen and oxygen atoms in total. The van der Waals surface area contributed by atoms with E-state index in [9.17, 15) is 9.18 Å². The maximum Gasteiger partial charge on any atom is 0.254 e. The summed E-state index contributed by atoms with van der Waals surface area (Å²) in [5, 5.41) is 0. The van der Waals surface area contributed by atoms with E-state index in [2.05, 4.69) is 18.8 Å². The van der Waals surface area contributed by atoms with Gasteiger partial charge in [-0.1, -0.05) is 50.2 Å². The molecular formula is C30H29FN2O2. The van der Waals surface area contributed by atoms with Crippen LogP contribution in [0.15, 0.2) is 97.3 Å². The number of aromatic nitrogens is 1. The summed E-state index contributed by atoms with van der Waals surface area (Å²) in [4.78, 5) is 19.4. The molecule has 0 saturated carbocycles. The lowest BCUT2D eigenvalue weighted by molar-refractivity contribution is 0.0730. The molecule has 4 aromatic rings. The van der Waals surface area contributed by atoms with E-state index in [1.165, 1.54) is 12.1 Å². The highest BCUT2D eigenvalue weighted by molar-refractivity contribution is 5.94. The molecule has 0 bridgehead atoms. The molecule has 178 valence electrons. The third kappa shape index (κ3) is 6.76. The lowest BCUT2D eigenvalue weighted by Crippen LogP contribution is -2.30. The van der Waals surface area contributed by atoms with Crippen molar-refractivity contribution in [3.8, 4) is 16.9 Å². The molecular weight excluding hydrogens is 439 g/mol. The predicted molar refractivity (Wildman–Crippen MR) is 136 cm³/mol. The number of carbonyl (C=O) groups is 1. The largest absolute Gasteiger partial charge is 0.493 e. The average molecular weight is 469 g/mol. The number of amides is 1. The van der Waals surface area contributed by atoms with Gasteiger partial charge >= 0.3 is 0 Å². The van der Waals surface area contributed by atoms with Crippen molar-refractivity contribution in [1.29, 1.82) is 0 Å². The molecule has 35 heavy (non-hydrogen) atoms. The summed E-state index contributed by atoms with van der Waals surface area (Å²) in [6.45, 7) is 5.80. The lowest BCUT2D eigenvalue weighted by Gasteiger charge is -2.23. The highest BCUT2D eigenvalue weighted by Gasteiger charge is 2.17. The number of halogens is 1. The standard InChI is InChI=1S/C30H29FN2O2/c1-22(2)21-35-29-12-6-23(7-13-29)19-33(20-24-14-16-32-17-15-24)30(34)26-10-8-25(9-11-26)27-4-3-5-28(31)18-27/h3-18,22H,19-21H2,1-2H3. The Kier molecular flexibility index (Phi) is 7.88. The predicted octanol–water partition coefficient (Wildman–Crippen LogP) is 6.77. The summed E-state index contributed by atoms with van der Waals surface area (Å²) in [6.07, 6.45) is 3.46. The molecule has 0 aliphatic rings. The summed E-state index contributed by atoms with van der Waals surface area (Å²) in [6, 6.07) is 25.4. The van der Waals surface area contributed by atoms with Crippen molar-refractivity contribution < 1.29 is 13.9 Å². The first-order valence-corrected chi connectivity index (χ1v) is 11.7. The molecule has 1 heterocycles. The number of hydrogen-bond donors (Lipinski definition) is 0. The van der Waals surface area contributed by atoms with Crippen molar-refractivity contribution in [2.75, 3.05) is 6.61 Å². The molecule has 0 spiro atoms. The highest BCUT2D eigenvalue weighted by atomic mass is 19.1. The van der Waals surface area contributed by atoms with Crippen LogP contribution in [0.5, 0.6) is 5.75 Å². The topological polar surface area (TPSA) is 42.4 Å². The number of hydrogen-bond acceptors (Lipinski definition) is 3. The van der Waals surface area contributed by atoms with E-state index in [-0.39, 0.29) is 11.7 Å². The Morgan fingerprint density at radius 1 is 0.857 bits per heavy atom. The quantitative estimate of drug-likeness (QED) is 0.272. The Morgan fingerprint density at radius 2 is 1.51 bits per heavy atom. The fourth-order valence-corrected chi connectivity index (χ4v) is 3.74. The van der Waals surface area contributed by atoms with E-state index in [0.29, 0.717) is 31.2 Å². The minimum atomic E-state index is -0.285. The van der Waals surface area contributed by atoms with E-state index < -0.39 is 0 Å². The van der Waals surface area contributed by atoms with Gasteiger partial charge in [-0.15, -0.1) is 0 Å². The van der Waals surface area contributed by atoms with Crippen molar-refractivity contribution in [2.45, 2.75) is 26.9 Å². The van der Waals surface area contributed by atoms with Gasteiger partial charge in [0.15, 0.2) is 0 Å². The van der Waals surface area contributed by atoms with Crippen LogP contribution in [0.25, 0.3) is 11.1 Å². The van der Waals surface area contributed by atoms with Gasteiger partial charge in [0.2, 0.25) is 0 Å². The fraction of sp³-hybridized carbons (Fsp3) is 0.200. The van der Waals surface area contributed by atoms with Gasteiger partial charge in [-0.2, -0.15) is 0 Å². The van der Waals surface area contributed by atoms with Crippen molar-refractivity contribution in [2.24, 2.45) is 5.92 Å². The minimum Gasteiger partial charge on any atom is -0.493 e. The number of ether oxygens (including phenoxy) is 1. The van der Waals surface area contributed by atoms with Gasteiger partial charge in [0.05, 0.1) is 6.61 Å². The number of nitrogens with zero attached hydrogens (tertiary/aromatic N) is 2. The van der Waals surface area contributed by atoms with E-state index in [0.717, 1.165) is 28.0 Å². The van der Waals surface area contributed by atoms with Crippen LogP contribution in [0.2, 0.25) is 0 Å². The molecule has 0 radical (unpaired) electrons. The van der Waals surface area contributed by atoms with E-state index in [1.54, 1.807) is 30.6 Å². The van der Waals surface area contributed by atoms with Gasteiger partial charge in [-0.05, 0) is 76.7 Å². The van der Waals surface area contributed by atoms with Crippen LogP contribution in [-0.4, -0.2) is 22.4 Å². The van der Waals surface area contributed by atoms with Gasteiger partial charge in [-0.25, -0.2) is 4.39 Å². The second-order valence-electron chi connectivity index (χ2n) is 8.95. The summed E-state index contributed by atoms with van der Waals surface area (Å²) < 4.78 is 19.4. The Labute approximate surface area is 206 Å². The second-order valence-corrected chi connectivity index (χ2v) is 8.95. The first-order chi connectivity index (χ1) is 17.0. The van der Waals surface area contributed by atoms with Crippen molar-refractivity contribution in [3.05, 3.63) is 120 Å². The zero-order valence-corrected chi connectivity index (χ0v) is 20.0. The van der Waals surface area contributed by atoms with Gasteiger partial charge in [0.1, 0.15) is 11.6 Å². The molecule has 0 atom stereocenters. The third-order valence-corrected chi connectivity index (χ3v) is 5.58. The molecule has 0 saturated heterocycles.